The fraction of sp³-hybridized carbons (Fsp3) is 0.444. The van der Waals surface area contributed by atoms with Crippen LogP contribution in [0, 0.1) is 5.41 Å². The van der Waals surface area contributed by atoms with Crippen LogP contribution in [0.2, 0.25) is 0 Å². The van der Waals surface area contributed by atoms with Gasteiger partial charge in [-0.05, 0) is 52.3 Å². The molecule has 0 unspecified atom stereocenters. The molecule has 0 N–H and O–H groups in total. The average molecular weight is 256 g/mol. The Morgan fingerprint density at radius 2 is 1.68 bits per heavy atom. The van der Waals surface area contributed by atoms with E-state index in [2.05, 4.69) is 44.2 Å². The third-order valence-corrected chi connectivity index (χ3v) is 3.69. The molecule has 1 heteroatoms. The van der Waals surface area contributed by atoms with Gasteiger partial charge in [0.1, 0.15) is 5.75 Å². The van der Waals surface area contributed by atoms with Crippen LogP contribution < -0.4 is 4.74 Å². The summed E-state index contributed by atoms with van der Waals surface area (Å²) >= 11 is 0. The van der Waals surface area contributed by atoms with Crippen molar-refractivity contribution in [3.05, 3.63) is 41.5 Å². The van der Waals surface area contributed by atoms with Crippen LogP contribution in [0.15, 0.2) is 30.3 Å². The summed E-state index contributed by atoms with van der Waals surface area (Å²) in [6, 6.07) is 10.9. The summed E-state index contributed by atoms with van der Waals surface area (Å²) in [7, 11) is 1.74. The highest BCUT2D eigenvalue weighted by Gasteiger charge is 2.27. The van der Waals surface area contributed by atoms with Crippen LogP contribution in [-0.2, 0) is 12.8 Å². The quantitative estimate of drug-likeness (QED) is 0.697. The van der Waals surface area contributed by atoms with Gasteiger partial charge in [-0.15, -0.1) is 0 Å². The Hall–Kier alpha value is -1.50. The first-order valence-corrected chi connectivity index (χ1v) is 7.18. The number of rotatable bonds is 1. The molecule has 0 amide bonds. The van der Waals surface area contributed by atoms with E-state index >= 15 is 0 Å². The lowest BCUT2D eigenvalue weighted by Gasteiger charge is -2.31. The maximum atomic E-state index is 5.40. The highest BCUT2D eigenvalue weighted by Crippen LogP contribution is 2.40. The van der Waals surface area contributed by atoms with Gasteiger partial charge in [0.15, 0.2) is 0 Å². The van der Waals surface area contributed by atoms with Crippen molar-refractivity contribution in [3.63, 3.8) is 0 Å². The number of methoxy groups -OCH3 is 1. The summed E-state index contributed by atoms with van der Waals surface area (Å²) in [5.41, 5.74) is 3.27. The Balaban J connectivity index is 0.000000637. The lowest BCUT2D eigenvalue weighted by molar-refractivity contribution is 0.354. The highest BCUT2D eigenvalue weighted by molar-refractivity contribution is 5.91. The van der Waals surface area contributed by atoms with Gasteiger partial charge in [-0.25, -0.2) is 0 Å². The summed E-state index contributed by atoms with van der Waals surface area (Å²) in [6.07, 6.45) is 2.31. The second kappa shape index (κ2) is 5.24. The summed E-state index contributed by atoms with van der Waals surface area (Å²) in [6.45, 7) is 8.68. The lowest BCUT2D eigenvalue weighted by atomic mass is 9.73. The first-order chi connectivity index (χ1) is 9.09. The van der Waals surface area contributed by atoms with Crippen LogP contribution in [0.4, 0.5) is 0 Å². The molecule has 0 aliphatic heterocycles. The third kappa shape index (κ3) is 2.60. The molecule has 0 saturated carbocycles. The molecule has 102 valence electrons. The van der Waals surface area contributed by atoms with Gasteiger partial charge in [0.25, 0.3) is 0 Å². The summed E-state index contributed by atoms with van der Waals surface area (Å²) in [4.78, 5) is 0. The van der Waals surface area contributed by atoms with E-state index in [0.717, 1.165) is 12.2 Å². The van der Waals surface area contributed by atoms with Gasteiger partial charge < -0.3 is 4.74 Å². The van der Waals surface area contributed by atoms with Gasteiger partial charge in [0.2, 0.25) is 0 Å². The van der Waals surface area contributed by atoms with E-state index in [0.29, 0.717) is 5.41 Å². The van der Waals surface area contributed by atoms with Crippen molar-refractivity contribution in [3.8, 4) is 5.75 Å². The van der Waals surface area contributed by atoms with E-state index in [1.807, 2.05) is 13.8 Å². The monoisotopic (exact) mass is 256 g/mol. The van der Waals surface area contributed by atoms with E-state index < -0.39 is 0 Å². The van der Waals surface area contributed by atoms with Crippen LogP contribution >= 0.6 is 0 Å². The normalized spacial score (nSPS) is 15.6. The molecule has 2 aromatic rings. The minimum Gasteiger partial charge on any atom is -0.497 e. The zero-order valence-electron chi connectivity index (χ0n) is 12.7. The lowest BCUT2D eigenvalue weighted by Crippen LogP contribution is -2.22. The van der Waals surface area contributed by atoms with Crippen molar-refractivity contribution >= 4 is 10.8 Å². The molecule has 19 heavy (non-hydrogen) atoms. The minimum absolute atomic E-state index is 0.355. The SMILES string of the molecule is CC.COc1cc2c3c(cccc3c1)CC(C)(C)C2. The molecule has 0 saturated heterocycles. The van der Waals surface area contributed by atoms with Crippen molar-refractivity contribution in [1.29, 1.82) is 0 Å². The summed E-state index contributed by atoms with van der Waals surface area (Å²) in [5.74, 6) is 0.974. The molecule has 1 nitrogen and oxygen atoms in total. The van der Waals surface area contributed by atoms with E-state index in [9.17, 15) is 0 Å². The molecule has 0 spiro atoms. The fourth-order valence-electron chi connectivity index (χ4n) is 3.07. The minimum atomic E-state index is 0.355. The van der Waals surface area contributed by atoms with Crippen molar-refractivity contribution in [2.45, 2.75) is 40.5 Å². The molecule has 1 aliphatic carbocycles. The Morgan fingerprint density at radius 1 is 1.00 bits per heavy atom. The molecule has 0 radical (unpaired) electrons. The standard InChI is InChI=1S/C16H18O.C2H6/c1-16(2)9-12-6-4-5-11-7-14(17-3)8-13(10-16)15(11)12;1-2/h4-8H,9-10H2,1-3H3;1-2H3. The third-order valence-electron chi connectivity index (χ3n) is 3.69. The predicted molar refractivity (Wildman–Crippen MR) is 83.0 cm³/mol. The van der Waals surface area contributed by atoms with E-state index in [1.165, 1.54) is 28.3 Å². The number of hydrogen-bond donors (Lipinski definition) is 0. The number of ether oxygens (including phenoxy) is 1. The average Bonchev–Trinajstić information content (AvgIpc) is 2.39. The molecule has 0 fully saturated rings. The van der Waals surface area contributed by atoms with E-state index in [1.54, 1.807) is 7.11 Å². The van der Waals surface area contributed by atoms with Crippen molar-refractivity contribution < 1.29 is 4.74 Å². The van der Waals surface area contributed by atoms with Gasteiger partial charge in [-0.1, -0.05) is 45.9 Å². The van der Waals surface area contributed by atoms with Crippen molar-refractivity contribution in [2.24, 2.45) is 5.41 Å². The molecule has 2 aromatic carbocycles. The van der Waals surface area contributed by atoms with Crippen LogP contribution in [0.5, 0.6) is 5.75 Å². The van der Waals surface area contributed by atoms with Gasteiger partial charge in [0, 0.05) is 0 Å². The second-order valence-corrected chi connectivity index (χ2v) is 5.82. The maximum Gasteiger partial charge on any atom is 0.119 e. The molecule has 0 bridgehead atoms. The van der Waals surface area contributed by atoms with Crippen LogP contribution in [0.25, 0.3) is 10.8 Å². The Morgan fingerprint density at radius 3 is 2.37 bits per heavy atom. The largest absolute Gasteiger partial charge is 0.497 e. The van der Waals surface area contributed by atoms with E-state index in [4.69, 9.17) is 4.74 Å². The zero-order chi connectivity index (χ0) is 14.0. The number of benzene rings is 2. The van der Waals surface area contributed by atoms with Gasteiger partial charge in [-0.3, -0.25) is 0 Å². The predicted octanol–water partition coefficient (Wildman–Crippen LogP) is 5.00. The first-order valence-electron chi connectivity index (χ1n) is 7.18. The van der Waals surface area contributed by atoms with Crippen molar-refractivity contribution in [1.82, 2.24) is 0 Å². The van der Waals surface area contributed by atoms with Crippen LogP contribution in [0.3, 0.4) is 0 Å². The van der Waals surface area contributed by atoms with E-state index in [-0.39, 0.29) is 0 Å². The molecule has 0 atom stereocenters. The zero-order valence-corrected chi connectivity index (χ0v) is 12.7. The maximum absolute atomic E-state index is 5.40. The molecular weight excluding hydrogens is 232 g/mol. The molecular formula is C18H24O. The van der Waals surface area contributed by atoms with Gasteiger partial charge in [0.05, 0.1) is 7.11 Å². The molecule has 0 aromatic heterocycles. The summed E-state index contributed by atoms with van der Waals surface area (Å²) < 4.78 is 5.40. The topological polar surface area (TPSA) is 9.23 Å². The van der Waals surface area contributed by atoms with Crippen LogP contribution in [-0.4, -0.2) is 7.11 Å². The van der Waals surface area contributed by atoms with Crippen molar-refractivity contribution in [2.75, 3.05) is 7.11 Å². The van der Waals surface area contributed by atoms with Gasteiger partial charge >= 0.3 is 0 Å². The summed E-state index contributed by atoms with van der Waals surface area (Å²) in [5, 5.41) is 2.76. The molecule has 3 rings (SSSR count). The Labute approximate surface area is 116 Å². The number of hydrogen-bond acceptors (Lipinski definition) is 1. The first kappa shape index (κ1) is 13.9. The Bertz CT molecular complexity index is 582. The molecule has 1 aliphatic rings. The highest BCUT2D eigenvalue weighted by atomic mass is 16.5. The Kier molecular flexibility index (Phi) is 3.84. The van der Waals surface area contributed by atoms with Crippen LogP contribution in [0.1, 0.15) is 38.8 Å². The fourth-order valence-corrected chi connectivity index (χ4v) is 3.07. The second-order valence-electron chi connectivity index (χ2n) is 5.82. The smallest absolute Gasteiger partial charge is 0.119 e. The molecule has 0 heterocycles. The van der Waals surface area contributed by atoms with Gasteiger partial charge in [-0.2, -0.15) is 0 Å².